The number of β-amino-alcohol motifs (C(OH)–C–C–N with tert-alkyl or cyclic N) is 1. The molecule has 1 saturated heterocycles. The quantitative estimate of drug-likeness (QED) is 0.869. The largest absolute Gasteiger partial charge is 0.387 e. The highest BCUT2D eigenvalue weighted by molar-refractivity contribution is 5.75. The Kier molecular flexibility index (Phi) is 5.70. The highest BCUT2D eigenvalue weighted by atomic mass is 19.1. The van der Waals surface area contributed by atoms with E-state index >= 15 is 0 Å². The third-order valence-corrected chi connectivity index (χ3v) is 4.16. The first-order valence-corrected chi connectivity index (χ1v) is 7.45. The van der Waals surface area contributed by atoms with E-state index in [1.165, 1.54) is 6.07 Å². The number of nitrogens with one attached hydrogen (secondary N) is 1. The van der Waals surface area contributed by atoms with Crippen LogP contribution in [0.1, 0.15) is 30.9 Å². The van der Waals surface area contributed by atoms with Gasteiger partial charge in [0.2, 0.25) is 5.91 Å². The van der Waals surface area contributed by atoms with Gasteiger partial charge in [-0.1, -0.05) is 18.2 Å². The van der Waals surface area contributed by atoms with Crippen molar-refractivity contribution in [3.63, 3.8) is 0 Å². The van der Waals surface area contributed by atoms with Gasteiger partial charge in [-0.3, -0.25) is 4.79 Å². The number of carbonyl (C=O) groups is 1. The second-order valence-corrected chi connectivity index (χ2v) is 5.66. The lowest BCUT2D eigenvalue weighted by Gasteiger charge is -2.33. The number of amides is 1. The summed E-state index contributed by atoms with van der Waals surface area (Å²) in [7, 11) is 1.65. The molecule has 1 atom stereocenters. The number of likely N-dealkylation sites (tertiary alicyclic amines) is 1. The maximum absolute atomic E-state index is 13.6. The lowest BCUT2D eigenvalue weighted by atomic mass is 9.93. The predicted molar refractivity (Wildman–Crippen MR) is 79.2 cm³/mol. The molecule has 1 unspecified atom stereocenters. The summed E-state index contributed by atoms with van der Waals surface area (Å²) in [4.78, 5) is 13.5. The monoisotopic (exact) mass is 294 g/mol. The van der Waals surface area contributed by atoms with Crippen molar-refractivity contribution < 1.29 is 14.3 Å². The van der Waals surface area contributed by atoms with Crippen LogP contribution in [0.4, 0.5) is 4.39 Å². The number of nitrogens with zero attached hydrogens (tertiary/aromatic N) is 1. The topological polar surface area (TPSA) is 52.6 Å². The molecule has 0 bridgehead atoms. The molecule has 1 aromatic carbocycles. The van der Waals surface area contributed by atoms with Crippen LogP contribution >= 0.6 is 0 Å². The lowest BCUT2D eigenvalue weighted by Crippen LogP contribution is -2.38. The van der Waals surface area contributed by atoms with Gasteiger partial charge in [-0.15, -0.1) is 0 Å². The van der Waals surface area contributed by atoms with E-state index < -0.39 is 6.10 Å². The summed E-state index contributed by atoms with van der Waals surface area (Å²) in [5.41, 5.74) is 0.352. The van der Waals surface area contributed by atoms with Crippen LogP contribution in [-0.4, -0.2) is 42.6 Å². The highest BCUT2D eigenvalue weighted by Crippen LogP contribution is 2.23. The number of aliphatic hydroxyl groups excluding tert-OH is 1. The minimum absolute atomic E-state index is 0.0832. The van der Waals surface area contributed by atoms with E-state index in [1.54, 1.807) is 25.2 Å². The molecule has 1 aliphatic rings. The molecule has 1 aromatic rings. The maximum atomic E-state index is 13.6. The summed E-state index contributed by atoms with van der Waals surface area (Å²) in [6, 6.07) is 6.35. The maximum Gasteiger partial charge on any atom is 0.220 e. The van der Waals surface area contributed by atoms with Gasteiger partial charge < -0.3 is 15.3 Å². The number of halogens is 1. The molecule has 0 spiro atoms. The normalized spacial score (nSPS) is 18.4. The molecular formula is C16H23FN2O2. The number of hydrogen-bond donors (Lipinski definition) is 2. The number of aliphatic hydroxyl groups is 1. The first kappa shape index (κ1) is 15.9. The Labute approximate surface area is 125 Å². The van der Waals surface area contributed by atoms with Gasteiger partial charge in [0.25, 0.3) is 0 Å². The zero-order chi connectivity index (χ0) is 15.2. The Morgan fingerprint density at radius 1 is 1.43 bits per heavy atom. The van der Waals surface area contributed by atoms with Crippen molar-refractivity contribution in [1.29, 1.82) is 0 Å². The molecule has 116 valence electrons. The van der Waals surface area contributed by atoms with Gasteiger partial charge >= 0.3 is 0 Å². The van der Waals surface area contributed by atoms with Gasteiger partial charge in [0.05, 0.1) is 6.10 Å². The first-order valence-electron chi connectivity index (χ1n) is 7.45. The fraction of sp³-hybridized carbons (Fsp3) is 0.562. The Bertz CT molecular complexity index is 473. The van der Waals surface area contributed by atoms with E-state index in [-0.39, 0.29) is 11.7 Å². The van der Waals surface area contributed by atoms with Crippen LogP contribution in [0.25, 0.3) is 0 Å². The van der Waals surface area contributed by atoms with Gasteiger partial charge in [0.1, 0.15) is 5.82 Å². The van der Waals surface area contributed by atoms with Crippen LogP contribution < -0.4 is 5.32 Å². The van der Waals surface area contributed by atoms with E-state index in [1.807, 2.05) is 0 Å². The average molecular weight is 294 g/mol. The summed E-state index contributed by atoms with van der Waals surface area (Å²) in [5.74, 6) is 0.131. The van der Waals surface area contributed by atoms with Crippen molar-refractivity contribution in [2.45, 2.75) is 25.4 Å². The molecule has 2 N–H and O–H groups in total. The van der Waals surface area contributed by atoms with Crippen molar-refractivity contribution in [2.24, 2.45) is 5.92 Å². The average Bonchev–Trinajstić information content (AvgIpc) is 2.49. The number of hydrogen-bond acceptors (Lipinski definition) is 3. The van der Waals surface area contributed by atoms with Gasteiger partial charge in [-0.2, -0.15) is 0 Å². The van der Waals surface area contributed by atoms with Crippen LogP contribution in [0.3, 0.4) is 0 Å². The fourth-order valence-electron chi connectivity index (χ4n) is 2.83. The molecule has 0 saturated carbocycles. The third-order valence-electron chi connectivity index (χ3n) is 4.16. The fourth-order valence-corrected chi connectivity index (χ4v) is 2.83. The van der Waals surface area contributed by atoms with E-state index in [0.717, 1.165) is 25.9 Å². The molecule has 1 amide bonds. The molecule has 1 fully saturated rings. The first-order chi connectivity index (χ1) is 10.1. The Balaban J connectivity index is 1.81. The smallest absolute Gasteiger partial charge is 0.220 e. The Morgan fingerprint density at radius 3 is 2.71 bits per heavy atom. The molecule has 2 rings (SSSR count). The standard InChI is InChI=1S/C16H23FN2O2/c1-18-16(21)10-12-6-8-19(9-7-12)11-15(20)13-4-2-3-5-14(13)17/h2-5,12,15,20H,6-11H2,1H3,(H,18,21). The zero-order valence-corrected chi connectivity index (χ0v) is 12.4. The second-order valence-electron chi connectivity index (χ2n) is 5.66. The molecular weight excluding hydrogens is 271 g/mol. The summed E-state index contributed by atoms with van der Waals surface area (Å²) >= 11 is 0. The van der Waals surface area contributed by atoms with Gasteiger partial charge in [-0.25, -0.2) is 4.39 Å². The summed E-state index contributed by atoms with van der Waals surface area (Å²) < 4.78 is 13.6. The Hall–Kier alpha value is -1.46. The summed E-state index contributed by atoms with van der Waals surface area (Å²) in [5, 5.41) is 12.8. The molecule has 5 heteroatoms. The zero-order valence-electron chi connectivity index (χ0n) is 12.4. The molecule has 1 aliphatic heterocycles. The van der Waals surface area contributed by atoms with Crippen molar-refractivity contribution in [1.82, 2.24) is 10.2 Å². The van der Waals surface area contributed by atoms with Crippen molar-refractivity contribution in [3.8, 4) is 0 Å². The van der Waals surface area contributed by atoms with Crippen LogP contribution in [0, 0.1) is 11.7 Å². The minimum Gasteiger partial charge on any atom is -0.387 e. The van der Waals surface area contributed by atoms with E-state index in [0.29, 0.717) is 24.4 Å². The minimum atomic E-state index is -0.804. The molecule has 4 nitrogen and oxygen atoms in total. The van der Waals surface area contributed by atoms with E-state index in [2.05, 4.69) is 10.2 Å². The summed E-state index contributed by atoms with van der Waals surface area (Å²) in [6.45, 7) is 2.12. The number of benzene rings is 1. The van der Waals surface area contributed by atoms with Gasteiger partial charge in [0, 0.05) is 25.6 Å². The second kappa shape index (κ2) is 7.52. The molecule has 21 heavy (non-hydrogen) atoms. The molecule has 0 aromatic heterocycles. The number of carbonyl (C=O) groups excluding carboxylic acids is 1. The van der Waals surface area contributed by atoms with E-state index in [9.17, 15) is 14.3 Å². The number of piperidine rings is 1. The summed E-state index contributed by atoms with van der Waals surface area (Å²) in [6.07, 6.45) is 1.65. The van der Waals surface area contributed by atoms with Crippen LogP contribution in [-0.2, 0) is 4.79 Å². The lowest BCUT2D eigenvalue weighted by molar-refractivity contribution is -0.121. The Morgan fingerprint density at radius 2 is 2.10 bits per heavy atom. The van der Waals surface area contributed by atoms with Crippen molar-refractivity contribution in [2.75, 3.05) is 26.7 Å². The van der Waals surface area contributed by atoms with Crippen LogP contribution in [0.5, 0.6) is 0 Å². The van der Waals surface area contributed by atoms with Crippen LogP contribution in [0.2, 0.25) is 0 Å². The molecule has 0 radical (unpaired) electrons. The van der Waals surface area contributed by atoms with Gasteiger partial charge in [-0.05, 0) is 37.9 Å². The van der Waals surface area contributed by atoms with Gasteiger partial charge in [0.15, 0.2) is 0 Å². The molecule has 0 aliphatic carbocycles. The highest BCUT2D eigenvalue weighted by Gasteiger charge is 2.23. The molecule has 1 heterocycles. The van der Waals surface area contributed by atoms with E-state index in [4.69, 9.17) is 0 Å². The third kappa shape index (κ3) is 4.51. The van der Waals surface area contributed by atoms with Crippen molar-refractivity contribution >= 4 is 5.91 Å². The number of rotatable bonds is 5. The van der Waals surface area contributed by atoms with Crippen LogP contribution in [0.15, 0.2) is 24.3 Å². The van der Waals surface area contributed by atoms with Crippen molar-refractivity contribution in [3.05, 3.63) is 35.6 Å². The SMILES string of the molecule is CNC(=O)CC1CCN(CC(O)c2ccccc2F)CC1. The predicted octanol–water partition coefficient (Wildman–Crippen LogP) is 1.71.